The van der Waals surface area contributed by atoms with Crippen LogP contribution < -0.4 is 5.32 Å². The second-order valence-electron chi connectivity index (χ2n) is 6.11. The molecule has 0 radical (unpaired) electrons. The van der Waals surface area contributed by atoms with Crippen molar-refractivity contribution in [3.05, 3.63) is 17.8 Å². The molecule has 1 N–H and O–H groups in total. The number of aromatic nitrogens is 1. The SMILES string of the molecule is CC(C)NCCCc1ncc(C2CC2(C)C)o1. The molecule has 1 aliphatic carbocycles. The van der Waals surface area contributed by atoms with Crippen molar-refractivity contribution in [3.8, 4) is 0 Å². The average Bonchev–Trinajstić information content (AvgIpc) is 2.71. The van der Waals surface area contributed by atoms with Crippen LogP contribution in [0.2, 0.25) is 0 Å². The van der Waals surface area contributed by atoms with Crippen molar-refractivity contribution in [3.63, 3.8) is 0 Å². The fourth-order valence-corrected chi connectivity index (χ4v) is 2.18. The molecule has 1 saturated carbocycles. The summed E-state index contributed by atoms with van der Waals surface area (Å²) in [6.07, 6.45) is 5.18. The molecule has 0 aliphatic heterocycles. The lowest BCUT2D eigenvalue weighted by atomic mass is 10.1. The molecule has 1 aliphatic rings. The summed E-state index contributed by atoms with van der Waals surface area (Å²) in [6.45, 7) is 9.93. The highest BCUT2D eigenvalue weighted by Crippen LogP contribution is 2.58. The third-order valence-corrected chi connectivity index (χ3v) is 3.55. The van der Waals surface area contributed by atoms with Crippen LogP contribution in [-0.4, -0.2) is 17.6 Å². The molecular weight excluding hydrogens is 212 g/mol. The summed E-state index contributed by atoms with van der Waals surface area (Å²) in [5, 5.41) is 3.40. The summed E-state index contributed by atoms with van der Waals surface area (Å²) in [7, 11) is 0. The molecule has 3 nitrogen and oxygen atoms in total. The summed E-state index contributed by atoms with van der Waals surface area (Å²) < 4.78 is 5.81. The van der Waals surface area contributed by atoms with Gasteiger partial charge < -0.3 is 9.73 Å². The highest BCUT2D eigenvalue weighted by molar-refractivity contribution is 5.17. The number of rotatable bonds is 6. The zero-order chi connectivity index (χ0) is 12.5. The first-order valence-corrected chi connectivity index (χ1v) is 6.67. The van der Waals surface area contributed by atoms with Crippen molar-refractivity contribution < 1.29 is 4.42 Å². The minimum absolute atomic E-state index is 0.427. The van der Waals surface area contributed by atoms with Crippen LogP contribution in [0, 0.1) is 5.41 Å². The van der Waals surface area contributed by atoms with Gasteiger partial charge in [0.2, 0.25) is 0 Å². The number of hydrogen-bond donors (Lipinski definition) is 1. The van der Waals surface area contributed by atoms with Crippen LogP contribution >= 0.6 is 0 Å². The Bertz CT molecular complexity index is 368. The lowest BCUT2D eigenvalue weighted by molar-refractivity contribution is 0.430. The maximum absolute atomic E-state index is 5.81. The van der Waals surface area contributed by atoms with Crippen molar-refractivity contribution in [1.29, 1.82) is 0 Å². The average molecular weight is 236 g/mol. The van der Waals surface area contributed by atoms with Gasteiger partial charge in [-0.2, -0.15) is 0 Å². The van der Waals surface area contributed by atoms with Crippen molar-refractivity contribution in [1.82, 2.24) is 10.3 Å². The Kier molecular flexibility index (Phi) is 3.57. The van der Waals surface area contributed by atoms with E-state index in [4.69, 9.17) is 4.42 Å². The van der Waals surface area contributed by atoms with Crippen molar-refractivity contribution >= 4 is 0 Å². The second-order valence-corrected chi connectivity index (χ2v) is 6.11. The minimum atomic E-state index is 0.427. The van der Waals surface area contributed by atoms with E-state index in [-0.39, 0.29) is 0 Å². The number of oxazole rings is 1. The Balaban J connectivity index is 1.75. The Hall–Kier alpha value is -0.830. The van der Waals surface area contributed by atoms with E-state index in [1.807, 2.05) is 6.20 Å². The fourth-order valence-electron chi connectivity index (χ4n) is 2.18. The van der Waals surface area contributed by atoms with E-state index in [9.17, 15) is 0 Å². The van der Waals surface area contributed by atoms with E-state index in [2.05, 4.69) is 38.0 Å². The number of aryl methyl sites for hydroxylation is 1. The first kappa shape index (κ1) is 12.6. The normalized spacial score (nSPS) is 22.1. The van der Waals surface area contributed by atoms with Crippen molar-refractivity contribution in [2.75, 3.05) is 6.54 Å². The molecule has 1 unspecified atom stereocenters. The maximum atomic E-state index is 5.81. The van der Waals surface area contributed by atoms with E-state index < -0.39 is 0 Å². The van der Waals surface area contributed by atoms with Gasteiger partial charge >= 0.3 is 0 Å². The number of nitrogens with zero attached hydrogens (tertiary/aromatic N) is 1. The second kappa shape index (κ2) is 4.81. The minimum Gasteiger partial charge on any atom is -0.445 e. The summed E-state index contributed by atoms with van der Waals surface area (Å²) >= 11 is 0. The first-order valence-electron chi connectivity index (χ1n) is 6.67. The standard InChI is InChI=1S/C14H24N2O/c1-10(2)15-7-5-6-13-16-9-12(17-13)11-8-14(11,3)4/h9-11,15H,5-8H2,1-4H3. The van der Waals surface area contributed by atoms with Crippen LogP contribution in [0.4, 0.5) is 0 Å². The van der Waals surface area contributed by atoms with E-state index in [0.29, 0.717) is 17.4 Å². The third kappa shape index (κ3) is 3.32. The summed E-state index contributed by atoms with van der Waals surface area (Å²) in [4.78, 5) is 4.37. The Morgan fingerprint density at radius 3 is 2.82 bits per heavy atom. The van der Waals surface area contributed by atoms with Gasteiger partial charge in [0, 0.05) is 18.4 Å². The Morgan fingerprint density at radius 1 is 1.53 bits per heavy atom. The molecule has 0 bridgehead atoms. The zero-order valence-electron chi connectivity index (χ0n) is 11.4. The molecular formula is C14H24N2O. The van der Waals surface area contributed by atoms with Crippen LogP contribution in [0.25, 0.3) is 0 Å². The molecule has 1 aromatic heterocycles. The lowest BCUT2D eigenvalue weighted by Crippen LogP contribution is -2.23. The van der Waals surface area contributed by atoms with E-state index >= 15 is 0 Å². The predicted octanol–water partition coefficient (Wildman–Crippen LogP) is 3.12. The van der Waals surface area contributed by atoms with Gasteiger partial charge in [0.05, 0.1) is 6.20 Å². The van der Waals surface area contributed by atoms with Crippen LogP contribution in [0.3, 0.4) is 0 Å². The fraction of sp³-hybridized carbons (Fsp3) is 0.786. The summed E-state index contributed by atoms with van der Waals surface area (Å²) in [6, 6.07) is 0.558. The molecule has 0 amide bonds. The predicted molar refractivity (Wildman–Crippen MR) is 69.1 cm³/mol. The van der Waals surface area contributed by atoms with Gasteiger partial charge in [0.1, 0.15) is 5.76 Å². The Labute approximate surface area is 104 Å². The van der Waals surface area contributed by atoms with Gasteiger partial charge in [-0.3, -0.25) is 0 Å². The van der Waals surface area contributed by atoms with E-state index in [1.165, 1.54) is 6.42 Å². The van der Waals surface area contributed by atoms with Crippen molar-refractivity contribution in [2.24, 2.45) is 5.41 Å². The van der Waals surface area contributed by atoms with Crippen LogP contribution in [0.5, 0.6) is 0 Å². The summed E-state index contributed by atoms with van der Waals surface area (Å²) in [5.74, 6) is 2.58. The summed E-state index contributed by atoms with van der Waals surface area (Å²) in [5.41, 5.74) is 0.427. The highest BCUT2D eigenvalue weighted by Gasteiger charge is 2.48. The quantitative estimate of drug-likeness (QED) is 0.771. The number of nitrogens with one attached hydrogen (secondary N) is 1. The van der Waals surface area contributed by atoms with Crippen molar-refractivity contribution in [2.45, 2.75) is 58.9 Å². The molecule has 0 saturated heterocycles. The maximum Gasteiger partial charge on any atom is 0.194 e. The molecule has 0 aromatic carbocycles. The Morgan fingerprint density at radius 2 is 2.24 bits per heavy atom. The molecule has 3 heteroatoms. The van der Waals surface area contributed by atoms with Gasteiger partial charge in [-0.05, 0) is 24.8 Å². The van der Waals surface area contributed by atoms with E-state index in [1.54, 1.807) is 0 Å². The monoisotopic (exact) mass is 236 g/mol. The van der Waals surface area contributed by atoms with Crippen LogP contribution in [-0.2, 0) is 6.42 Å². The highest BCUT2D eigenvalue weighted by atomic mass is 16.4. The van der Waals surface area contributed by atoms with Gasteiger partial charge in [-0.1, -0.05) is 27.7 Å². The molecule has 1 fully saturated rings. The largest absolute Gasteiger partial charge is 0.445 e. The van der Waals surface area contributed by atoms with E-state index in [0.717, 1.165) is 31.0 Å². The van der Waals surface area contributed by atoms with Crippen LogP contribution in [0.1, 0.15) is 58.1 Å². The molecule has 17 heavy (non-hydrogen) atoms. The van der Waals surface area contributed by atoms with Gasteiger partial charge in [-0.15, -0.1) is 0 Å². The zero-order valence-corrected chi connectivity index (χ0v) is 11.4. The molecule has 1 aromatic rings. The smallest absolute Gasteiger partial charge is 0.194 e. The molecule has 1 heterocycles. The number of hydrogen-bond acceptors (Lipinski definition) is 3. The molecule has 96 valence electrons. The third-order valence-electron chi connectivity index (χ3n) is 3.55. The van der Waals surface area contributed by atoms with Gasteiger partial charge in [0.25, 0.3) is 0 Å². The van der Waals surface area contributed by atoms with Gasteiger partial charge in [0.15, 0.2) is 5.89 Å². The molecule has 2 rings (SSSR count). The van der Waals surface area contributed by atoms with Crippen LogP contribution in [0.15, 0.2) is 10.6 Å². The van der Waals surface area contributed by atoms with Gasteiger partial charge in [-0.25, -0.2) is 4.98 Å². The molecule has 1 atom stereocenters. The first-order chi connectivity index (χ1) is 7.99. The molecule has 0 spiro atoms. The topological polar surface area (TPSA) is 38.1 Å². The lowest BCUT2D eigenvalue weighted by Gasteiger charge is -2.05.